The maximum absolute atomic E-state index is 13.0. The molecule has 2 heterocycles. The molecule has 7 nitrogen and oxygen atoms in total. The molecule has 1 aliphatic rings. The molecule has 1 saturated heterocycles. The summed E-state index contributed by atoms with van der Waals surface area (Å²) in [5.74, 6) is -0.0223. The maximum atomic E-state index is 13.0. The summed E-state index contributed by atoms with van der Waals surface area (Å²) in [7, 11) is 0. The van der Waals surface area contributed by atoms with E-state index in [1.807, 2.05) is 42.5 Å². The fourth-order valence-corrected chi connectivity index (χ4v) is 4.53. The fraction of sp³-hybridized carbons (Fsp3) is 0.370. The van der Waals surface area contributed by atoms with Crippen LogP contribution in [0.15, 0.2) is 65.3 Å². The van der Waals surface area contributed by atoms with Gasteiger partial charge in [0.05, 0.1) is 19.1 Å². The minimum Gasteiger partial charge on any atom is -0.466 e. The van der Waals surface area contributed by atoms with Crippen molar-refractivity contribution >= 4 is 23.5 Å². The Morgan fingerprint density at radius 2 is 1.77 bits per heavy atom. The Bertz CT molecular complexity index is 1130. The molecule has 1 aromatic heterocycles. The first-order valence-electron chi connectivity index (χ1n) is 11.9. The topological polar surface area (TPSA) is 75.9 Å². The van der Waals surface area contributed by atoms with Crippen LogP contribution in [0.2, 0.25) is 5.02 Å². The van der Waals surface area contributed by atoms with Gasteiger partial charge in [-0.25, -0.2) is 4.98 Å². The Hall–Kier alpha value is -3.16. The van der Waals surface area contributed by atoms with E-state index >= 15 is 0 Å². The van der Waals surface area contributed by atoms with Gasteiger partial charge in [-0.2, -0.15) is 0 Å². The summed E-state index contributed by atoms with van der Waals surface area (Å²) in [6, 6.07) is 18.0. The van der Waals surface area contributed by atoms with Crippen LogP contribution >= 0.6 is 11.6 Å². The largest absolute Gasteiger partial charge is 0.466 e. The third-order valence-electron chi connectivity index (χ3n) is 6.08. The van der Waals surface area contributed by atoms with Crippen LogP contribution in [0.5, 0.6) is 0 Å². The molecule has 1 amide bonds. The number of amides is 1. The quantitative estimate of drug-likeness (QED) is 0.391. The second kappa shape index (κ2) is 12.0. The fourth-order valence-electron chi connectivity index (χ4n) is 4.32. The minimum atomic E-state index is -0.179. The van der Waals surface area contributed by atoms with Crippen molar-refractivity contribution in [1.29, 1.82) is 0 Å². The second-order valence-corrected chi connectivity index (χ2v) is 9.14. The normalized spacial score (nSPS) is 14.3. The van der Waals surface area contributed by atoms with Gasteiger partial charge in [-0.3, -0.25) is 14.5 Å². The summed E-state index contributed by atoms with van der Waals surface area (Å²) in [6.07, 6.45) is 2.62. The number of piperidine rings is 1. The molecule has 0 bridgehead atoms. The zero-order valence-electron chi connectivity index (χ0n) is 19.9. The lowest BCUT2D eigenvalue weighted by molar-refractivity contribution is -0.149. The number of likely N-dealkylation sites (tertiary alicyclic amines) is 1. The van der Waals surface area contributed by atoms with Gasteiger partial charge in [0.2, 0.25) is 5.89 Å². The van der Waals surface area contributed by atoms with Gasteiger partial charge >= 0.3 is 5.97 Å². The van der Waals surface area contributed by atoms with Crippen molar-refractivity contribution in [2.75, 3.05) is 19.7 Å². The third-order valence-corrected chi connectivity index (χ3v) is 6.31. The van der Waals surface area contributed by atoms with Gasteiger partial charge < -0.3 is 14.1 Å². The number of hydrogen-bond acceptors (Lipinski definition) is 6. The van der Waals surface area contributed by atoms with Crippen LogP contribution in [-0.2, 0) is 29.2 Å². The summed E-state index contributed by atoms with van der Waals surface area (Å²) < 4.78 is 10.8. The molecular formula is C27H30ClN3O4. The van der Waals surface area contributed by atoms with Crippen molar-refractivity contribution in [1.82, 2.24) is 14.8 Å². The van der Waals surface area contributed by atoms with Gasteiger partial charge in [0.1, 0.15) is 6.26 Å². The van der Waals surface area contributed by atoms with Gasteiger partial charge in [0.15, 0.2) is 5.69 Å². The third kappa shape index (κ3) is 6.93. The molecule has 1 aliphatic heterocycles. The van der Waals surface area contributed by atoms with Gasteiger partial charge in [0.25, 0.3) is 5.91 Å². The summed E-state index contributed by atoms with van der Waals surface area (Å²) in [5, 5.41) is 0.692. The summed E-state index contributed by atoms with van der Waals surface area (Å²) in [6.45, 7) is 4.97. The van der Waals surface area contributed by atoms with Gasteiger partial charge in [-0.1, -0.05) is 54.1 Å². The molecule has 0 aliphatic carbocycles. The SMILES string of the molecule is CCOC(=O)C1CCN(C(=O)c2coc(CN(Cc3ccccc3)Cc3cccc(Cl)c3)n2)CC1. The predicted octanol–water partition coefficient (Wildman–Crippen LogP) is 4.95. The highest BCUT2D eigenvalue weighted by atomic mass is 35.5. The maximum Gasteiger partial charge on any atom is 0.309 e. The number of carbonyl (C=O) groups is 2. The number of benzene rings is 2. The van der Waals surface area contributed by atoms with Gasteiger partial charge in [-0.15, -0.1) is 0 Å². The van der Waals surface area contributed by atoms with Crippen LogP contribution in [0.3, 0.4) is 0 Å². The lowest BCUT2D eigenvalue weighted by atomic mass is 9.97. The van der Waals surface area contributed by atoms with Crippen LogP contribution in [0.4, 0.5) is 0 Å². The number of hydrogen-bond donors (Lipinski definition) is 0. The van der Waals surface area contributed by atoms with Gasteiger partial charge in [-0.05, 0) is 43.0 Å². The molecule has 35 heavy (non-hydrogen) atoms. The van der Waals surface area contributed by atoms with Crippen LogP contribution in [0, 0.1) is 5.92 Å². The van der Waals surface area contributed by atoms with Crippen molar-refractivity contribution in [2.24, 2.45) is 5.92 Å². The van der Waals surface area contributed by atoms with Crippen LogP contribution in [0.1, 0.15) is 47.3 Å². The van der Waals surface area contributed by atoms with E-state index in [-0.39, 0.29) is 23.5 Å². The molecule has 0 saturated carbocycles. The summed E-state index contributed by atoms with van der Waals surface area (Å²) in [4.78, 5) is 33.4. The van der Waals surface area contributed by atoms with Crippen molar-refractivity contribution in [2.45, 2.75) is 39.4 Å². The van der Waals surface area contributed by atoms with Crippen LogP contribution in [0.25, 0.3) is 0 Å². The van der Waals surface area contributed by atoms with E-state index in [1.165, 1.54) is 11.8 Å². The molecule has 1 fully saturated rings. The van der Waals surface area contributed by atoms with Crippen LogP contribution < -0.4 is 0 Å². The lowest BCUT2D eigenvalue weighted by Gasteiger charge is -2.30. The minimum absolute atomic E-state index is 0.148. The Balaban J connectivity index is 1.40. The molecule has 4 rings (SSSR count). The van der Waals surface area contributed by atoms with Crippen molar-refractivity contribution < 1.29 is 18.7 Å². The number of oxazole rings is 1. The second-order valence-electron chi connectivity index (χ2n) is 8.71. The van der Waals surface area contributed by atoms with Crippen molar-refractivity contribution in [3.8, 4) is 0 Å². The van der Waals surface area contributed by atoms with E-state index < -0.39 is 0 Å². The molecule has 3 aromatic rings. The highest BCUT2D eigenvalue weighted by Gasteiger charge is 2.30. The Labute approximate surface area is 210 Å². The highest BCUT2D eigenvalue weighted by Crippen LogP contribution is 2.21. The molecule has 184 valence electrons. The Kier molecular flexibility index (Phi) is 8.55. The average Bonchev–Trinajstić information content (AvgIpc) is 3.33. The standard InChI is InChI=1S/C27H30ClN3O4/c1-2-34-27(33)22-11-13-31(14-12-22)26(32)24-19-35-25(29-24)18-30(16-20-7-4-3-5-8-20)17-21-9-6-10-23(28)15-21/h3-10,15,19,22H,2,11-14,16-18H2,1H3. The van der Waals surface area contributed by atoms with Crippen molar-refractivity contribution in [3.05, 3.63) is 88.6 Å². The zero-order valence-corrected chi connectivity index (χ0v) is 20.6. The molecule has 8 heteroatoms. The Morgan fingerprint density at radius 3 is 2.49 bits per heavy atom. The molecule has 0 atom stereocenters. The molecule has 0 unspecified atom stereocenters. The van der Waals surface area contributed by atoms with E-state index in [0.717, 1.165) is 5.56 Å². The molecule has 0 spiro atoms. The van der Waals surface area contributed by atoms with E-state index in [9.17, 15) is 9.59 Å². The lowest BCUT2D eigenvalue weighted by Crippen LogP contribution is -2.40. The number of aromatic nitrogens is 1. The van der Waals surface area contributed by atoms with E-state index in [1.54, 1.807) is 11.8 Å². The molecule has 0 N–H and O–H groups in total. The van der Waals surface area contributed by atoms with E-state index in [2.05, 4.69) is 22.0 Å². The molecule has 2 aromatic carbocycles. The number of carbonyl (C=O) groups excluding carboxylic acids is 2. The molecule has 0 radical (unpaired) electrons. The van der Waals surface area contributed by atoms with E-state index in [0.29, 0.717) is 63.1 Å². The summed E-state index contributed by atoms with van der Waals surface area (Å²) in [5.41, 5.74) is 2.54. The first kappa shape index (κ1) is 24.9. The number of rotatable bonds is 9. The first-order valence-corrected chi connectivity index (χ1v) is 12.3. The zero-order chi connectivity index (χ0) is 24.6. The predicted molar refractivity (Wildman–Crippen MR) is 133 cm³/mol. The van der Waals surface area contributed by atoms with E-state index in [4.69, 9.17) is 20.8 Å². The van der Waals surface area contributed by atoms with Crippen LogP contribution in [-0.4, -0.2) is 46.4 Å². The summed E-state index contributed by atoms with van der Waals surface area (Å²) >= 11 is 6.19. The average molecular weight is 496 g/mol. The number of esters is 1. The monoisotopic (exact) mass is 495 g/mol. The smallest absolute Gasteiger partial charge is 0.309 e. The molecular weight excluding hydrogens is 466 g/mol. The van der Waals surface area contributed by atoms with Gasteiger partial charge in [0, 0.05) is 31.2 Å². The number of nitrogens with zero attached hydrogens (tertiary/aromatic N) is 3. The highest BCUT2D eigenvalue weighted by molar-refractivity contribution is 6.30. The number of ether oxygens (including phenoxy) is 1. The van der Waals surface area contributed by atoms with Crippen molar-refractivity contribution in [3.63, 3.8) is 0 Å². The Morgan fingerprint density at radius 1 is 1.06 bits per heavy atom. The number of halogens is 1. The first-order chi connectivity index (χ1) is 17.0.